The van der Waals surface area contributed by atoms with Crippen molar-refractivity contribution in [3.63, 3.8) is 0 Å². The Kier molecular flexibility index (Phi) is 7.28. The highest BCUT2D eigenvalue weighted by Crippen LogP contribution is 2.51. The largest absolute Gasteiger partial charge is 0.310 e. The van der Waals surface area contributed by atoms with Crippen LogP contribution in [0.1, 0.15) is 25.0 Å². The fraction of sp³-hybridized carbons (Fsp3) is 0.0545. The van der Waals surface area contributed by atoms with Gasteiger partial charge in [0, 0.05) is 22.4 Å². The van der Waals surface area contributed by atoms with Crippen LogP contribution in [0, 0.1) is 0 Å². The number of para-hydroxylation sites is 1. The molecule has 0 aliphatic heterocycles. The molecule has 1 aliphatic rings. The molecule has 0 saturated carbocycles. The lowest BCUT2D eigenvalue weighted by atomic mass is 9.82. The maximum atomic E-state index is 2.46. The summed E-state index contributed by atoms with van der Waals surface area (Å²) in [7, 11) is 0. The second-order valence-corrected chi connectivity index (χ2v) is 15.7. The van der Waals surface area contributed by atoms with E-state index >= 15 is 0 Å². The zero-order chi connectivity index (χ0) is 37.4. The summed E-state index contributed by atoms with van der Waals surface area (Å²) in [6.07, 6.45) is 0. The first kappa shape index (κ1) is 32.5. The first-order chi connectivity index (χ1) is 27.5. The topological polar surface area (TPSA) is 3.24 Å². The fourth-order valence-electron chi connectivity index (χ4n) is 9.54. The van der Waals surface area contributed by atoms with Crippen LogP contribution in [0.4, 0.5) is 17.1 Å². The van der Waals surface area contributed by atoms with Crippen molar-refractivity contribution in [3.05, 3.63) is 211 Å². The van der Waals surface area contributed by atoms with Crippen molar-refractivity contribution in [1.29, 1.82) is 0 Å². The molecule has 0 unspecified atom stereocenters. The number of hydrogen-bond acceptors (Lipinski definition) is 1. The first-order valence-electron chi connectivity index (χ1n) is 19.6. The van der Waals surface area contributed by atoms with Crippen LogP contribution in [0.15, 0.2) is 200 Å². The number of nitrogens with zero attached hydrogens (tertiary/aromatic N) is 1. The van der Waals surface area contributed by atoms with Gasteiger partial charge in [-0.2, -0.15) is 0 Å². The van der Waals surface area contributed by atoms with E-state index in [1.54, 1.807) is 0 Å². The minimum atomic E-state index is -0.0628. The minimum Gasteiger partial charge on any atom is -0.310 e. The lowest BCUT2D eigenvalue weighted by molar-refractivity contribution is 0.660. The Hall–Kier alpha value is -6.96. The Bertz CT molecular complexity index is 3160. The highest BCUT2D eigenvalue weighted by Gasteiger charge is 2.35. The molecule has 10 aromatic carbocycles. The normalized spacial score (nSPS) is 13.0. The summed E-state index contributed by atoms with van der Waals surface area (Å²) in [6, 6.07) is 74.0. The van der Waals surface area contributed by atoms with Crippen molar-refractivity contribution in [2.24, 2.45) is 0 Å². The van der Waals surface area contributed by atoms with Crippen LogP contribution in [-0.2, 0) is 5.41 Å². The zero-order valence-electron chi connectivity index (χ0n) is 31.5. The third-order valence-electron chi connectivity index (χ3n) is 12.2. The predicted molar refractivity (Wildman–Crippen MR) is 240 cm³/mol. The van der Waals surface area contributed by atoms with Gasteiger partial charge in [0.25, 0.3) is 0 Å². The summed E-state index contributed by atoms with van der Waals surface area (Å²) in [6.45, 7) is 4.70. The van der Waals surface area contributed by atoms with Crippen molar-refractivity contribution >= 4 is 60.2 Å². The smallest absolute Gasteiger partial charge is 0.0540 e. The monoisotopic (exact) mass is 713 g/mol. The molecular weight excluding hydrogens is 675 g/mol. The van der Waals surface area contributed by atoms with Crippen molar-refractivity contribution < 1.29 is 0 Å². The molecule has 264 valence electrons. The van der Waals surface area contributed by atoms with Crippen LogP contribution in [0.25, 0.3) is 76.5 Å². The van der Waals surface area contributed by atoms with Crippen LogP contribution in [0.5, 0.6) is 0 Å². The van der Waals surface area contributed by atoms with Gasteiger partial charge in [0.2, 0.25) is 0 Å². The molecule has 1 nitrogen and oxygen atoms in total. The maximum absolute atomic E-state index is 2.46. The Morgan fingerprint density at radius 2 is 0.911 bits per heavy atom. The summed E-state index contributed by atoms with van der Waals surface area (Å²) >= 11 is 0. The predicted octanol–water partition coefficient (Wildman–Crippen LogP) is 15.4. The van der Waals surface area contributed by atoms with Gasteiger partial charge in [0.15, 0.2) is 0 Å². The minimum absolute atomic E-state index is 0.0628. The molecule has 0 radical (unpaired) electrons. The van der Waals surface area contributed by atoms with E-state index in [4.69, 9.17) is 0 Å². The number of rotatable bonds is 5. The molecule has 0 spiro atoms. The molecule has 0 fully saturated rings. The van der Waals surface area contributed by atoms with Crippen molar-refractivity contribution in [2.75, 3.05) is 4.90 Å². The highest BCUT2D eigenvalue weighted by atomic mass is 15.1. The number of fused-ring (bicyclic) bond motifs is 9. The van der Waals surface area contributed by atoms with E-state index in [1.165, 1.54) is 87.6 Å². The van der Waals surface area contributed by atoms with Gasteiger partial charge in [0.1, 0.15) is 0 Å². The quantitative estimate of drug-likeness (QED) is 0.161. The summed E-state index contributed by atoms with van der Waals surface area (Å²) < 4.78 is 0. The van der Waals surface area contributed by atoms with Crippen LogP contribution >= 0.6 is 0 Å². The van der Waals surface area contributed by atoms with Gasteiger partial charge in [0.05, 0.1) is 5.69 Å². The van der Waals surface area contributed by atoms with E-state index in [-0.39, 0.29) is 5.41 Å². The molecule has 0 amide bonds. The number of benzene rings is 10. The molecule has 1 aliphatic carbocycles. The molecule has 0 bridgehead atoms. The van der Waals surface area contributed by atoms with Crippen molar-refractivity contribution in [1.82, 2.24) is 0 Å². The summed E-state index contributed by atoms with van der Waals surface area (Å²) in [4.78, 5) is 2.46. The molecule has 10 aromatic rings. The molecule has 0 aromatic heterocycles. The SMILES string of the molecule is CC1(C)c2ccccc2-c2cc(N(c3ccc(-c4cc5ccc6ccccc6c5c5ccccc45)cc3)c3ccccc3-c3cccc4ccccc34)ccc21. The molecule has 1 heteroatoms. The van der Waals surface area contributed by atoms with Gasteiger partial charge in [-0.15, -0.1) is 0 Å². The molecule has 11 rings (SSSR count). The van der Waals surface area contributed by atoms with Gasteiger partial charge in [-0.05, 0) is 118 Å². The van der Waals surface area contributed by atoms with Gasteiger partial charge >= 0.3 is 0 Å². The second kappa shape index (κ2) is 12.5. The summed E-state index contributed by atoms with van der Waals surface area (Å²) in [5, 5.41) is 10.2. The Morgan fingerprint density at radius 3 is 1.73 bits per heavy atom. The number of anilines is 3. The van der Waals surface area contributed by atoms with Crippen LogP contribution < -0.4 is 4.90 Å². The third-order valence-corrected chi connectivity index (χ3v) is 12.2. The van der Waals surface area contributed by atoms with E-state index in [1.807, 2.05) is 0 Å². The van der Waals surface area contributed by atoms with Gasteiger partial charge in [-0.3, -0.25) is 0 Å². The maximum Gasteiger partial charge on any atom is 0.0540 e. The van der Waals surface area contributed by atoms with Gasteiger partial charge in [-0.1, -0.05) is 178 Å². The summed E-state index contributed by atoms with van der Waals surface area (Å²) in [5.74, 6) is 0. The lowest BCUT2D eigenvalue weighted by Crippen LogP contribution is -2.15. The molecule has 56 heavy (non-hydrogen) atoms. The van der Waals surface area contributed by atoms with E-state index in [0.717, 1.165) is 17.1 Å². The Balaban J connectivity index is 1.11. The van der Waals surface area contributed by atoms with Gasteiger partial charge in [-0.25, -0.2) is 0 Å². The molecular formula is C55H39N. The molecule has 0 N–H and O–H groups in total. The Morgan fingerprint density at radius 1 is 0.339 bits per heavy atom. The van der Waals surface area contributed by atoms with E-state index in [0.29, 0.717) is 0 Å². The molecule has 0 saturated heterocycles. The fourth-order valence-corrected chi connectivity index (χ4v) is 9.54. The average molecular weight is 714 g/mol. The lowest BCUT2D eigenvalue weighted by Gasteiger charge is -2.29. The van der Waals surface area contributed by atoms with E-state index in [2.05, 4.69) is 219 Å². The zero-order valence-corrected chi connectivity index (χ0v) is 31.5. The highest BCUT2D eigenvalue weighted by molar-refractivity contribution is 6.23. The van der Waals surface area contributed by atoms with Crippen molar-refractivity contribution in [2.45, 2.75) is 19.3 Å². The Labute approximate surface area is 327 Å². The molecule has 0 heterocycles. The van der Waals surface area contributed by atoms with Crippen LogP contribution in [-0.4, -0.2) is 0 Å². The van der Waals surface area contributed by atoms with E-state index in [9.17, 15) is 0 Å². The second-order valence-electron chi connectivity index (χ2n) is 15.7. The summed E-state index contributed by atoms with van der Waals surface area (Å²) in [5.41, 5.74) is 13.6. The first-order valence-corrected chi connectivity index (χ1v) is 19.6. The molecule has 0 atom stereocenters. The number of hydrogen-bond donors (Lipinski definition) is 0. The van der Waals surface area contributed by atoms with Crippen LogP contribution in [0.2, 0.25) is 0 Å². The van der Waals surface area contributed by atoms with Crippen LogP contribution in [0.3, 0.4) is 0 Å². The van der Waals surface area contributed by atoms with E-state index < -0.39 is 0 Å². The third kappa shape index (κ3) is 4.94. The van der Waals surface area contributed by atoms with Gasteiger partial charge < -0.3 is 4.90 Å². The van der Waals surface area contributed by atoms with Crippen molar-refractivity contribution in [3.8, 4) is 33.4 Å². The average Bonchev–Trinajstić information content (AvgIpc) is 3.49. The standard InChI is InChI=1S/C55H39N/c1-55(2)51-24-11-9-20-46(51)50-35-41(32-33-52(50)55)56(53-25-12-10-21-47(53)44-23-13-16-36-14-3-5-17-42(36)44)40-30-28-38(29-31-40)49-34-39-27-26-37-15-4-6-18-43(37)54(39)48-22-8-7-19-45(48)49/h3-35H,1-2H3.